The van der Waals surface area contributed by atoms with Crippen molar-refractivity contribution in [3.63, 3.8) is 0 Å². The Balaban J connectivity index is 1.44. The molecular formula is C29H29N3O3. The predicted octanol–water partition coefficient (Wildman–Crippen LogP) is 5.47. The van der Waals surface area contributed by atoms with Crippen LogP contribution in [0.2, 0.25) is 0 Å². The number of benzene rings is 2. The smallest absolute Gasteiger partial charge is 0.335 e. The van der Waals surface area contributed by atoms with E-state index in [4.69, 9.17) is 0 Å². The van der Waals surface area contributed by atoms with Crippen LogP contribution in [0.4, 0.5) is 0 Å². The zero-order chi connectivity index (χ0) is 24.8. The zero-order valence-electron chi connectivity index (χ0n) is 20.2. The monoisotopic (exact) mass is 467 g/mol. The maximum absolute atomic E-state index is 13.7. The van der Waals surface area contributed by atoms with Crippen molar-refractivity contribution in [1.29, 1.82) is 0 Å². The summed E-state index contributed by atoms with van der Waals surface area (Å²) in [5, 5.41) is 13.6. The highest BCUT2D eigenvalue weighted by atomic mass is 16.4. The van der Waals surface area contributed by atoms with E-state index in [0.29, 0.717) is 18.7 Å². The van der Waals surface area contributed by atoms with Crippen LogP contribution in [0, 0.1) is 10.8 Å². The van der Waals surface area contributed by atoms with Gasteiger partial charge in [-0.15, -0.1) is 0 Å². The zero-order valence-corrected chi connectivity index (χ0v) is 20.2. The number of amides is 1. The van der Waals surface area contributed by atoms with E-state index in [1.807, 2.05) is 53.6 Å². The lowest BCUT2D eigenvalue weighted by Crippen LogP contribution is -2.48. The van der Waals surface area contributed by atoms with Crippen LogP contribution in [-0.2, 0) is 0 Å². The highest BCUT2D eigenvalue weighted by Crippen LogP contribution is 2.55. The first-order valence-electron chi connectivity index (χ1n) is 11.8. The predicted molar refractivity (Wildman–Crippen MR) is 135 cm³/mol. The number of fused-ring (bicyclic) bond motifs is 1. The third-order valence-corrected chi connectivity index (χ3v) is 7.43. The number of hydrogen-bond donors (Lipinski definition) is 1. The Kier molecular flexibility index (Phi) is 5.47. The molecule has 1 aliphatic heterocycles. The molecule has 178 valence electrons. The molecule has 2 aliphatic rings. The minimum Gasteiger partial charge on any atom is -0.478 e. The molecule has 5 rings (SSSR count). The van der Waals surface area contributed by atoms with Crippen molar-refractivity contribution in [2.24, 2.45) is 10.8 Å². The molecule has 2 aromatic carbocycles. The van der Waals surface area contributed by atoms with Crippen molar-refractivity contribution >= 4 is 17.4 Å². The summed E-state index contributed by atoms with van der Waals surface area (Å²) in [7, 11) is 0. The lowest BCUT2D eigenvalue weighted by molar-refractivity contribution is 0.0678. The van der Waals surface area contributed by atoms with Gasteiger partial charge < -0.3 is 10.0 Å². The van der Waals surface area contributed by atoms with E-state index in [1.165, 1.54) is 11.1 Å². The van der Waals surface area contributed by atoms with Gasteiger partial charge in [-0.1, -0.05) is 62.8 Å². The van der Waals surface area contributed by atoms with Crippen molar-refractivity contribution < 1.29 is 14.7 Å². The fourth-order valence-electron chi connectivity index (χ4n) is 5.79. The Morgan fingerprint density at radius 1 is 0.971 bits per heavy atom. The van der Waals surface area contributed by atoms with Gasteiger partial charge in [-0.3, -0.25) is 4.79 Å². The fraction of sp³-hybridized carbons (Fsp3) is 0.276. The lowest BCUT2D eigenvalue weighted by atomic mass is 9.58. The van der Waals surface area contributed by atoms with Crippen LogP contribution >= 0.6 is 0 Å². The number of carbonyl (C=O) groups is 2. The van der Waals surface area contributed by atoms with Crippen molar-refractivity contribution in [2.75, 3.05) is 13.1 Å². The van der Waals surface area contributed by atoms with Gasteiger partial charge in [0.2, 0.25) is 0 Å². The maximum Gasteiger partial charge on any atom is 0.335 e. The summed E-state index contributed by atoms with van der Waals surface area (Å²) in [4.78, 5) is 26.9. The summed E-state index contributed by atoms with van der Waals surface area (Å²) in [6.07, 6.45) is 8.85. The van der Waals surface area contributed by atoms with Crippen molar-refractivity contribution in [2.45, 2.75) is 27.2 Å². The van der Waals surface area contributed by atoms with Crippen LogP contribution < -0.4 is 0 Å². The number of rotatable bonds is 4. The Labute approximate surface area is 205 Å². The van der Waals surface area contributed by atoms with Crippen LogP contribution in [0.3, 0.4) is 0 Å². The lowest BCUT2D eigenvalue weighted by Gasteiger charge is -2.50. The van der Waals surface area contributed by atoms with E-state index in [-0.39, 0.29) is 22.3 Å². The molecule has 1 aromatic heterocycles. The Bertz CT molecular complexity index is 1350. The topological polar surface area (TPSA) is 75.4 Å². The van der Waals surface area contributed by atoms with Crippen LogP contribution in [0.1, 0.15) is 53.5 Å². The van der Waals surface area contributed by atoms with E-state index >= 15 is 0 Å². The number of carboxylic acids is 1. The van der Waals surface area contributed by atoms with Gasteiger partial charge in [0.05, 0.1) is 16.8 Å². The average Bonchev–Trinajstić information content (AvgIpc) is 3.38. The minimum atomic E-state index is -0.921. The summed E-state index contributed by atoms with van der Waals surface area (Å²) in [5.41, 5.74) is 4.85. The minimum absolute atomic E-state index is 0.00414. The van der Waals surface area contributed by atoms with E-state index in [9.17, 15) is 14.7 Å². The van der Waals surface area contributed by atoms with E-state index in [1.54, 1.807) is 23.0 Å². The number of aromatic nitrogens is 2. The van der Waals surface area contributed by atoms with E-state index < -0.39 is 5.97 Å². The van der Waals surface area contributed by atoms with Gasteiger partial charge in [0.15, 0.2) is 0 Å². The highest BCUT2D eigenvalue weighted by Gasteiger charge is 2.46. The van der Waals surface area contributed by atoms with Gasteiger partial charge in [-0.25, -0.2) is 9.48 Å². The highest BCUT2D eigenvalue weighted by molar-refractivity contribution is 5.98. The Morgan fingerprint density at radius 3 is 2.40 bits per heavy atom. The number of hydrogen-bond acceptors (Lipinski definition) is 3. The van der Waals surface area contributed by atoms with E-state index in [0.717, 1.165) is 17.7 Å². The molecule has 0 fully saturated rings. The first kappa shape index (κ1) is 22.8. The Hall–Kier alpha value is -3.93. The van der Waals surface area contributed by atoms with Crippen LogP contribution in [-0.4, -0.2) is 44.8 Å². The number of allylic oxidation sites excluding steroid dienone is 2. The fourth-order valence-corrected chi connectivity index (χ4v) is 5.79. The summed E-state index contributed by atoms with van der Waals surface area (Å²) >= 11 is 0. The number of aromatic carboxylic acids is 1. The van der Waals surface area contributed by atoms with E-state index in [2.05, 4.69) is 38.0 Å². The molecule has 0 radical (unpaired) electrons. The normalized spacial score (nSPS) is 21.1. The van der Waals surface area contributed by atoms with Gasteiger partial charge in [0, 0.05) is 36.3 Å². The van der Waals surface area contributed by atoms with Gasteiger partial charge >= 0.3 is 5.97 Å². The largest absolute Gasteiger partial charge is 0.478 e. The second kappa shape index (κ2) is 8.38. The van der Waals surface area contributed by atoms with Crippen molar-refractivity contribution in [1.82, 2.24) is 14.7 Å². The molecule has 0 saturated carbocycles. The number of carbonyl (C=O) groups excluding carboxylic acids is 1. The molecule has 35 heavy (non-hydrogen) atoms. The number of para-hydroxylation sites is 1. The molecule has 3 aromatic rings. The molecule has 2 heterocycles. The molecule has 1 N–H and O–H groups in total. The summed E-state index contributed by atoms with van der Waals surface area (Å²) in [6.45, 7) is 7.86. The Morgan fingerprint density at radius 2 is 1.71 bits per heavy atom. The van der Waals surface area contributed by atoms with Crippen LogP contribution in [0.25, 0.3) is 11.3 Å². The quantitative estimate of drug-likeness (QED) is 0.516. The second-order valence-corrected chi connectivity index (χ2v) is 10.2. The van der Waals surface area contributed by atoms with Gasteiger partial charge in [-0.2, -0.15) is 5.10 Å². The first-order chi connectivity index (χ1) is 16.7. The number of nitrogens with zero attached hydrogens (tertiary/aromatic N) is 3. The van der Waals surface area contributed by atoms with Crippen molar-refractivity contribution in [3.8, 4) is 5.69 Å². The SMILES string of the molecule is CC1(C)C(c2ccc(C(=O)O)cc2)=CC[C@]2(C)CN(C(=O)c3ccccc3-n3cccn3)CC=C12. The molecule has 1 amide bonds. The van der Waals surface area contributed by atoms with Crippen LogP contribution in [0.15, 0.2) is 84.7 Å². The summed E-state index contributed by atoms with van der Waals surface area (Å²) < 4.78 is 1.73. The molecule has 0 bridgehead atoms. The molecular weight excluding hydrogens is 438 g/mol. The number of carboxylic acid groups (broad SMARTS) is 1. The van der Waals surface area contributed by atoms with Gasteiger partial charge in [0.1, 0.15) is 0 Å². The molecule has 0 unspecified atom stereocenters. The van der Waals surface area contributed by atoms with Crippen molar-refractivity contribution in [3.05, 3.63) is 101 Å². The second-order valence-electron chi connectivity index (χ2n) is 10.2. The first-order valence-corrected chi connectivity index (χ1v) is 11.8. The average molecular weight is 468 g/mol. The molecule has 0 saturated heterocycles. The third-order valence-electron chi connectivity index (χ3n) is 7.43. The maximum atomic E-state index is 13.7. The molecule has 6 heteroatoms. The molecule has 1 atom stereocenters. The molecule has 1 aliphatic carbocycles. The van der Waals surface area contributed by atoms with Gasteiger partial charge in [-0.05, 0) is 47.9 Å². The van der Waals surface area contributed by atoms with Crippen LogP contribution in [0.5, 0.6) is 0 Å². The standard InChI is InChI=1S/C29H29N3O3/c1-28(2)23(20-9-11-21(12-10-20)27(34)35)13-15-29(3)19-31(18-14-25(28)29)26(33)22-7-4-5-8-24(22)32-17-6-16-30-32/h4-14,16-17H,15,18-19H2,1-3H3,(H,34,35)/t29-/m1/s1. The summed E-state index contributed by atoms with van der Waals surface area (Å²) in [5.74, 6) is -0.917. The molecule has 6 nitrogen and oxygen atoms in total. The van der Waals surface area contributed by atoms with Gasteiger partial charge in [0.25, 0.3) is 5.91 Å². The summed E-state index contributed by atoms with van der Waals surface area (Å²) in [6, 6.07) is 16.6. The molecule has 0 spiro atoms. The third kappa shape index (κ3) is 3.89.